The molecule has 0 aliphatic rings. The van der Waals surface area contributed by atoms with Gasteiger partial charge in [-0.2, -0.15) is 26.3 Å². The zero-order valence-electron chi connectivity index (χ0n) is 7.40. The maximum Gasteiger partial charge on any atom is 0.435 e. The van der Waals surface area contributed by atoms with Gasteiger partial charge in [0.2, 0.25) is 0 Å². The van der Waals surface area contributed by atoms with E-state index in [4.69, 9.17) is 0 Å². The number of hydrogen-bond acceptors (Lipinski definition) is 1. The van der Waals surface area contributed by atoms with Gasteiger partial charge in [-0.05, 0) is 12.1 Å². The molecular formula is C8H4F7N. The van der Waals surface area contributed by atoms with Gasteiger partial charge in [0.1, 0.15) is 0 Å². The number of nitrogens with zero attached hydrogens (tertiary/aromatic N) is 1. The van der Waals surface area contributed by atoms with Crippen LogP contribution in [0.25, 0.3) is 0 Å². The lowest BCUT2D eigenvalue weighted by molar-refractivity contribution is -0.348. The summed E-state index contributed by atoms with van der Waals surface area (Å²) in [5.41, 5.74) is -6.91. The van der Waals surface area contributed by atoms with E-state index in [1.807, 2.05) is 0 Å². The molecule has 0 saturated carbocycles. The lowest BCUT2D eigenvalue weighted by Gasteiger charge is -2.30. The Morgan fingerprint density at radius 2 is 1.12 bits per heavy atom. The van der Waals surface area contributed by atoms with E-state index in [0.29, 0.717) is 24.5 Å². The highest BCUT2D eigenvalue weighted by Gasteiger charge is 2.73. The summed E-state index contributed by atoms with van der Waals surface area (Å²) >= 11 is 0. The first-order chi connectivity index (χ1) is 7.11. The SMILES string of the molecule is FC(F)(F)C(F)(c1ccncc1)C(F)(F)F. The Labute approximate surface area is 84.9 Å². The molecule has 0 fully saturated rings. The third kappa shape index (κ3) is 1.83. The Kier molecular flexibility index (Phi) is 2.86. The van der Waals surface area contributed by atoms with Crippen molar-refractivity contribution >= 4 is 0 Å². The fourth-order valence-electron chi connectivity index (χ4n) is 1.07. The lowest BCUT2D eigenvalue weighted by Crippen LogP contribution is -2.50. The van der Waals surface area contributed by atoms with Gasteiger partial charge in [-0.15, -0.1) is 0 Å². The van der Waals surface area contributed by atoms with Crippen molar-refractivity contribution in [3.05, 3.63) is 30.1 Å². The predicted octanol–water partition coefficient (Wildman–Crippen LogP) is 3.37. The van der Waals surface area contributed by atoms with E-state index in [1.165, 1.54) is 0 Å². The minimum Gasteiger partial charge on any atom is -0.265 e. The second kappa shape index (κ2) is 3.60. The van der Waals surface area contributed by atoms with Crippen molar-refractivity contribution in [1.29, 1.82) is 0 Å². The summed E-state index contributed by atoms with van der Waals surface area (Å²) in [4.78, 5) is 3.22. The Balaban J connectivity index is 3.39. The van der Waals surface area contributed by atoms with Crippen molar-refractivity contribution in [3.8, 4) is 0 Å². The van der Waals surface area contributed by atoms with Crippen LogP contribution in [0.2, 0.25) is 0 Å². The van der Waals surface area contributed by atoms with Crippen LogP contribution in [0.1, 0.15) is 5.56 Å². The minimum atomic E-state index is -6.08. The molecule has 0 N–H and O–H groups in total. The monoisotopic (exact) mass is 247 g/mol. The molecule has 16 heavy (non-hydrogen) atoms. The van der Waals surface area contributed by atoms with Gasteiger partial charge in [-0.3, -0.25) is 4.98 Å². The van der Waals surface area contributed by atoms with E-state index in [2.05, 4.69) is 4.98 Å². The van der Waals surface area contributed by atoms with Crippen LogP contribution in [-0.2, 0) is 5.67 Å². The fourth-order valence-corrected chi connectivity index (χ4v) is 1.07. The lowest BCUT2D eigenvalue weighted by atomic mass is 9.95. The highest BCUT2D eigenvalue weighted by molar-refractivity contribution is 5.24. The van der Waals surface area contributed by atoms with E-state index >= 15 is 0 Å². The van der Waals surface area contributed by atoms with E-state index in [9.17, 15) is 30.7 Å². The normalized spacial score (nSPS) is 13.9. The number of halogens is 7. The average molecular weight is 247 g/mol. The maximum absolute atomic E-state index is 13.3. The number of rotatable bonds is 1. The maximum atomic E-state index is 13.3. The van der Waals surface area contributed by atoms with Crippen LogP contribution < -0.4 is 0 Å². The van der Waals surface area contributed by atoms with Crippen LogP contribution >= 0.6 is 0 Å². The van der Waals surface area contributed by atoms with Gasteiger partial charge < -0.3 is 0 Å². The van der Waals surface area contributed by atoms with Crippen molar-refractivity contribution in [3.63, 3.8) is 0 Å². The largest absolute Gasteiger partial charge is 0.435 e. The molecule has 1 aromatic rings. The van der Waals surface area contributed by atoms with Crippen LogP contribution in [0.3, 0.4) is 0 Å². The first-order valence-electron chi connectivity index (χ1n) is 3.83. The van der Waals surface area contributed by atoms with Gasteiger partial charge in [0, 0.05) is 18.0 Å². The van der Waals surface area contributed by atoms with Crippen LogP contribution in [0.5, 0.6) is 0 Å². The Hall–Kier alpha value is -1.34. The molecule has 0 unspecified atom stereocenters. The first-order valence-corrected chi connectivity index (χ1v) is 3.83. The quantitative estimate of drug-likeness (QED) is 0.693. The molecule has 90 valence electrons. The van der Waals surface area contributed by atoms with Crippen molar-refractivity contribution in [2.45, 2.75) is 18.0 Å². The van der Waals surface area contributed by atoms with E-state index in [0.717, 1.165) is 0 Å². The number of aromatic nitrogens is 1. The van der Waals surface area contributed by atoms with Crippen LogP contribution in [-0.4, -0.2) is 17.3 Å². The van der Waals surface area contributed by atoms with E-state index < -0.39 is 23.6 Å². The zero-order valence-corrected chi connectivity index (χ0v) is 7.40. The van der Waals surface area contributed by atoms with Crippen LogP contribution in [0.4, 0.5) is 30.7 Å². The van der Waals surface area contributed by atoms with E-state index in [-0.39, 0.29) is 0 Å². The highest BCUT2D eigenvalue weighted by Crippen LogP contribution is 2.52. The molecule has 0 aliphatic carbocycles. The summed E-state index contributed by atoms with van der Waals surface area (Å²) < 4.78 is 86.3. The number of alkyl halides is 7. The highest BCUT2D eigenvalue weighted by atomic mass is 19.4. The zero-order chi connectivity index (χ0) is 12.6. The number of pyridine rings is 1. The second-order valence-electron chi connectivity index (χ2n) is 2.89. The molecule has 0 aromatic carbocycles. The minimum absolute atomic E-state index is 0.334. The summed E-state index contributed by atoms with van der Waals surface area (Å²) in [6, 6.07) is 0.669. The van der Waals surface area contributed by atoms with E-state index in [1.54, 1.807) is 0 Å². The Bertz CT molecular complexity index is 339. The molecule has 0 atom stereocenters. The molecule has 0 amide bonds. The standard InChI is InChI=1S/C8H4F7N/c9-6(7(10,11)12,8(13,14)15)5-1-3-16-4-2-5/h1-4H. The molecule has 1 nitrogen and oxygen atoms in total. The molecule has 0 saturated heterocycles. The van der Waals surface area contributed by atoms with Gasteiger partial charge in [-0.1, -0.05) is 0 Å². The van der Waals surface area contributed by atoms with Crippen molar-refractivity contribution in [1.82, 2.24) is 4.98 Å². The summed E-state index contributed by atoms with van der Waals surface area (Å²) in [5.74, 6) is 0. The molecule has 1 rings (SSSR count). The van der Waals surface area contributed by atoms with Gasteiger partial charge >= 0.3 is 18.0 Å². The molecule has 0 radical (unpaired) electrons. The topological polar surface area (TPSA) is 12.9 Å². The second-order valence-corrected chi connectivity index (χ2v) is 2.89. The van der Waals surface area contributed by atoms with Crippen LogP contribution in [0.15, 0.2) is 24.5 Å². The molecule has 1 heterocycles. The van der Waals surface area contributed by atoms with Gasteiger partial charge in [-0.25, -0.2) is 4.39 Å². The van der Waals surface area contributed by atoms with Gasteiger partial charge in [0.15, 0.2) is 0 Å². The summed E-state index contributed by atoms with van der Waals surface area (Å²) in [5, 5.41) is 0. The third-order valence-corrected chi connectivity index (χ3v) is 1.86. The van der Waals surface area contributed by atoms with Crippen molar-refractivity contribution in [2.75, 3.05) is 0 Å². The summed E-state index contributed by atoms with van der Waals surface area (Å²) in [6.07, 6.45) is -10.8. The molecular weight excluding hydrogens is 243 g/mol. The molecule has 8 heteroatoms. The van der Waals surface area contributed by atoms with Gasteiger partial charge in [0.05, 0.1) is 0 Å². The van der Waals surface area contributed by atoms with Crippen LogP contribution in [0, 0.1) is 0 Å². The molecule has 1 aromatic heterocycles. The molecule has 0 aliphatic heterocycles. The smallest absolute Gasteiger partial charge is 0.265 e. The average Bonchev–Trinajstić information content (AvgIpc) is 2.14. The van der Waals surface area contributed by atoms with Crippen molar-refractivity contribution in [2.24, 2.45) is 0 Å². The third-order valence-electron chi connectivity index (χ3n) is 1.86. The van der Waals surface area contributed by atoms with Crippen molar-refractivity contribution < 1.29 is 30.7 Å². The fraction of sp³-hybridized carbons (Fsp3) is 0.375. The summed E-state index contributed by atoms with van der Waals surface area (Å²) in [6.45, 7) is 0. The Morgan fingerprint density at radius 3 is 1.44 bits per heavy atom. The predicted molar refractivity (Wildman–Crippen MR) is 39.1 cm³/mol. The number of hydrogen-bond donors (Lipinski definition) is 0. The molecule has 0 spiro atoms. The summed E-state index contributed by atoms with van der Waals surface area (Å²) in [7, 11) is 0. The molecule has 0 bridgehead atoms. The first kappa shape index (κ1) is 12.7. The van der Waals surface area contributed by atoms with Gasteiger partial charge in [0.25, 0.3) is 0 Å². The Morgan fingerprint density at radius 1 is 0.750 bits per heavy atom.